The fourth-order valence-electron chi connectivity index (χ4n) is 2.33. The number of rotatable bonds is 3. The second-order valence-corrected chi connectivity index (χ2v) is 4.90. The highest BCUT2D eigenvalue weighted by molar-refractivity contribution is 5.99. The van der Waals surface area contributed by atoms with Crippen molar-refractivity contribution < 1.29 is 18.7 Å². The third-order valence-corrected chi connectivity index (χ3v) is 3.40. The summed E-state index contributed by atoms with van der Waals surface area (Å²) in [6.45, 7) is 0.397. The third-order valence-electron chi connectivity index (χ3n) is 3.40. The lowest BCUT2D eigenvalue weighted by Gasteiger charge is -2.12. The number of aliphatic hydroxyl groups excluding tert-OH is 1. The fraction of sp³-hybridized carbons (Fsp3) is 0.462. The molecule has 1 aromatic carbocycles. The molecule has 1 aromatic rings. The maximum atomic E-state index is 13.1. The van der Waals surface area contributed by atoms with Crippen LogP contribution in [0.25, 0.3) is 0 Å². The lowest BCUT2D eigenvalue weighted by atomic mass is 10.1. The summed E-state index contributed by atoms with van der Waals surface area (Å²) < 4.78 is 26.0. The Bertz CT molecular complexity index is 494. The van der Waals surface area contributed by atoms with E-state index in [0.717, 1.165) is 25.0 Å². The van der Waals surface area contributed by atoms with Gasteiger partial charge in [0.25, 0.3) is 5.91 Å². The Morgan fingerprint density at radius 1 is 1.37 bits per heavy atom. The first-order valence-electron chi connectivity index (χ1n) is 6.18. The first-order chi connectivity index (χ1) is 8.97. The number of carbonyl (C=O) groups is 1. The summed E-state index contributed by atoms with van der Waals surface area (Å²) in [6.07, 6.45) is 1.91. The number of carbonyl (C=O) groups excluding carboxylic acids is 1. The maximum absolute atomic E-state index is 13.1. The van der Waals surface area contributed by atoms with Crippen LogP contribution in [0.15, 0.2) is 12.1 Å². The largest absolute Gasteiger partial charge is 0.398 e. The highest BCUT2D eigenvalue weighted by Gasteiger charge is 2.23. The lowest BCUT2D eigenvalue weighted by Crippen LogP contribution is -2.29. The Morgan fingerprint density at radius 3 is 2.68 bits per heavy atom. The van der Waals surface area contributed by atoms with Crippen LogP contribution in [-0.2, 0) is 0 Å². The number of anilines is 1. The van der Waals surface area contributed by atoms with Crippen LogP contribution in [0.3, 0.4) is 0 Å². The van der Waals surface area contributed by atoms with E-state index >= 15 is 0 Å². The van der Waals surface area contributed by atoms with Gasteiger partial charge in [-0.15, -0.1) is 0 Å². The van der Waals surface area contributed by atoms with Crippen LogP contribution in [0, 0.1) is 17.6 Å². The van der Waals surface area contributed by atoms with E-state index in [1.807, 2.05) is 0 Å². The Kier molecular flexibility index (Phi) is 3.99. The minimum absolute atomic E-state index is 0.0718. The van der Waals surface area contributed by atoms with Crippen molar-refractivity contribution in [2.75, 3.05) is 12.3 Å². The molecule has 0 heterocycles. The molecule has 104 valence electrons. The van der Waals surface area contributed by atoms with Crippen LogP contribution in [0.4, 0.5) is 14.5 Å². The fourth-order valence-corrected chi connectivity index (χ4v) is 2.33. The molecule has 0 aromatic heterocycles. The predicted molar refractivity (Wildman–Crippen MR) is 66.5 cm³/mol. The van der Waals surface area contributed by atoms with Crippen molar-refractivity contribution in [2.45, 2.75) is 25.4 Å². The average molecular weight is 270 g/mol. The van der Waals surface area contributed by atoms with Gasteiger partial charge in [-0.3, -0.25) is 4.79 Å². The zero-order valence-electron chi connectivity index (χ0n) is 10.3. The summed E-state index contributed by atoms with van der Waals surface area (Å²) in [7, 11) is 0. The van der Waals surface area contributed by atoms with Crippen molar-refractivity contribution in [2.24, 2.45) is 5.92 Å². The molecule has 6 heteroatoms. The molecule has 1 aliphatic carbocycles. The van der Waals surface area contributed by atoms with Crippen LogP contribution in [0.5, 0.6) is 0 Å². The molecule has 4 nitrogen and oxygen atoms in total. The number of nitrogen functional groups attached to an aromatic ring is 1. The molecule has 0 radical (unpaired) electrons. The number of aliphatic hydroxyl groups is 1. The van der Waals surface area contributed by atoms with Crippen molar-refractivity contribution in [1.29, 1.82) is 0 Å². The third kappa shape index (κ3) is 3.20. The van der Waals surface area contributed by atoms with E-state index in [1.165, 1.54) is 0 Å². The summed E-state index contributed by atoms with van der Waals surface area (Å²) in [5.41, 5.74) is 5.32. The minimum Gasteiger partial charge on any atom is -0.398 e. The zero-order chi connectivity index (χ0) is 14.0. The standard InChI is InChI=1S/C13H16F2N2O2/c14-10-4-9(12(16)5-11(10)15)13(19)17-6-7-1-2-8(18)3-7/h4-5,7-8,18H,1-3,6,16H2,(H,17,19). The SMILES string of the molecule is Nc1cc(F)c(F)cc1C(=O)NCC1CCC(O)C1. The normalized spacial score (nSPS) is 22.5. The van der Waals surface area contributed by atoms with Gasteiger partial charge in [0.1, 0.15) is 0 Å². The molecule has 2 atom stereocenters. The lowest BCUT2D eigenvalue weighted by molar-refractivity contribution is 0.0945. The second kappa shape index (κ2) is 5.52. The van der Waals surface area contributed by atoms with Gasteiger partial charge in [0, 0.05) is 18.3 Å². The smallest absolute Gasteiger partial charge is 0.253 e. The first kappa shape index (κ1) is 13.7. The van der Waals surface area contributed by atoms with Crippen molar-refractivity contribution in [3.63, 3.8) is 0 Å². The number of nitrogens with two attached hydrogens (primary N) is 1. The number of nitrogens with one attached hydrogen (secondary N) is 1. The molecule has 2 unspecified atom stereocenters. The van der Waals surface area contributed by atoms with Crippen LogP contribution < -0.4 is 11.1 Å². The van der Waals surface area contributed by atoms with Gasteiger partial charge in [0.15, 0.2) is 11.6 Å². The maximum Gasteiger partial charge on any atom is 0.253 e. The number of amides is 1. The Labute approximate surface area is 109 Å². The van der Waals surface area contributed by atoms with E-state index in [2.05, 4.69) is 5.32 Å². The molecule has 0 bridgehead atoms. The predicted octanol–water partition coefficient (Wildman–Crippen LogP) is 1.44. The van der Waals surface area contributed by atoms with E-state index < -0.39 is 17.5 Å². The van der Waals surface area contributed by atoms with Crippen LogP contribution >= 0.6 is 0 Å². The van der Waals surface area contributed by atoms with Gasteiger partial charge in [-0.2, -0.15) is 0 Å². The summed E-state index contributed by atoms with van der Waals surface area (Å²) in [5, 5.41) is 12.0. The molecular formula is C13H16F2N2O2. The van der Waals surface area contributed by atoms with Crippen molar-refractivity contribution in [1.82, 2.24) is 5.32 Å². The molecule has 1 fully saturated rings. The molecule has 4 N–H and O–H groups in total. The Hall–Kier alpha value is -1.69. The van der Waals surface area contributed by atoms with Crippen molar-refractivity contribution >= 4 is 11.6 Å². The summed E-state index contributed by atoms with van der Waals surface area (Å²) in [4.78, 5) is 11.8. The molecule has 2 rings (SSSR count). The van der Waals surface area contributed by atoms with Gasteiger partial charge in [-0.25, -0.2) is 8.78 Å². The van der Waals surface area contributed by atoms with Crippen molar-refractivity contribution in [3.8, 4) is 0 Å². The minimum atomic E-state index is -1.10. The van der Waals surface area contributed by atoms with Gasteiger partial charge in [0.2, 0.25) is 0 Å². The molecule has 1 aliphatic rings. The molecule has 1 amide bonds. The van der Waals surface area contributed by atoms with Crippen LogP contribution in [0.2, 0.25) is 0 Å². The van der Waals surface area contributed by atoms with E-state index in [1.54, 1.807) is 0 Å². The Balaban J connectivity index is 1.98. The highest BCUT2D eigenvalue weighted by Crippen LogP contribution is 2.25. The number of halogens is 2. The van der Waals surface area contributed by atoms with E-state index in [9.17, 15) is 18.7 Å². The number of benzene rings is 1. The molecule has 0 aliphatic heterocycles. The number of hydrogen-bond acceptors (Lipinski definition) is 3. The van der Waals surface area contributed by atoms with Crippen molar-refractivity contribution in [3.05, 3.63) is 29.3 Å². The van der Waals surface area contributed by atoms with Gasteiger partial charge in [0.05, 0.1) is 11.7 Å². The van der Waals surface area contributed by atoms with Crippen LogP contribution in [0.1, 0.15) is 29.6 Å². The van der Waals surface area contributed by atoms with E-state index in [-0.39, 0.29) is 23.3 Å². The van der Waals surface area contributed by atoms with E-state index in [0.29, 0.717) is 13.0 Å². The molecule has 0 saturated heterocycles. The molecule has 0 spiro atoms. The summed E-state index contributed by atoms with van der Waals surface area (Å²) in [5.74, 6) is -2.49. The monoisotopic (exact) mass is 270 g/mol. The topological polar surface area (TPSA) is 75.4 Å². The number of hydrogen-bond donors (Lipinski definition) is 3. The summed E-state index contributed by atoms with van der Waals surface area (Å²) in [6, 6.07) is 1.59. The Morgan fingerprint density at radius 2 is 2.05 bits per heavy atom. The quantitative estimate of drug-likeness (QED) is 0.727. The average Bonchev–Trinajstić information content (AvgIpc) is 2.77. The first-order valence-corrected chi connectivity index (χ1v) is 6.18. The van der Waals surface area contributed by atoms with Gasteiger partial charge < -0.3 is 16.2 Å². The zero-order valence-corrected chi connectivity index (χ0v) is 10.3. The molecular weight excluding hydrogens is 254 g/mol. The van der Waals surface area contributed by atoms with Gasteiger partial charge in [-0.1, -0.05) is 0 Å². The highest BCUT2D eigenvalue weighted by atomic mass is 19.2. The van der Waals surface area contributed by atoms with Gasteiger partial charge in [-0.05, 0) is 31.2 Å². The molecule has 1 saturated carbocycles. The summed E-state index contributed by atoms with van der Waals surface area (Å²) >= 11 is 0. The molecule has 19 heavy (non-hydrogen) atoms. The second-order valence-electron chi connectivity index (χ2n) is 4.90. The van der Waals surface area contributed by atoms with Crippen LogP contribution in [-0.4, -0.2) is 23.7 Å². The van der Waals surface area contributed by atoms with Gasteiger partial charge >= 0.3 is 0 Å². The van der Waals surface area contributed by atoms with E-state index in [4.69, 9.17) is 5.73 Å².